The SMILES string of the molecule is CC1CCN(c2nc(N3CCC(N)CC3)nc(N3CCC(C(=O)O)CC3)n2)CC1. The molecule has 0 aliphatic carbocycles. The van der Waals surface area contributed by atoms with Crippen LogP contribution in [0.3, 0.4) is 0 Å². The normalized spacial score (nSPS) is 22.9. The van der Waals surface area contributed by atoms with Crippen LogP contribution in [0.4, 0.5) is 17.8 Å². The highest BCUT2D eigenvalue weighted by Crippen LogP contribution is 2.27. The Balaban J connectivity index is 1.57. The van der Waals surface area contributed by atoms with E-state index in [1.807, 2.05) is 0 Å². The Hall–Kier alpha value is -2.16. The van der Waals surface area contributed by atoms with Crippen LogP contribution in [0, 0.1) is 11.8 Å². The largest absolute Gasteiger partial charge is 0.481 e. The van der Waals surface area contributed by atoms with E-state index in [4.69, 9.17) is 20.7 Å². The van der Waals surface area contributed by atoms with Gasteiger partial charge in [0.25, 0.3) is 0 Å². The Morgan fingerprint density at radius 2 is 1.17 bits per heavy atom. The van der Waals surface area contributed by atoms with Crippen molar-refractivity contribution in [2.45, 2.75) is 51.5 Å². The van der Waals surface area contributed by atoms with Crippen molar-refractivity contribution in [3.8, 4) is 0 Å². The topological polar surface area (TPSA) is 112 Å². The number of piperidine rings is 3. The molecule has 1 aromatic heterocycles. The monoisotopic (exact) mass is 403 g/mol. The smallest absolute Gasteiger partial charge is 0.306 e. The van der Waals surface area contributed by atoms with Crippen molar-refractivity contribution in [2.75, 3.05) is 54.0 Å². The van der Waals surface area contributed by atoms with E-state index >= 15 is 0 Å². The van der Waals surface area contributed by atoms with Crippen LogP contribution in [0.5, 0.6) is 0 Å². The molecule has 0 amide bonds. The molecular weight excluding hydrogens is 370 g/mol. The zero-order chi connectivity index (χ0) is 20.4. The molecular formula is C20H33N7O2. The van der Waals surface area contributed by atoms with Gasteiger partial charge in [0, 0.05) is 45.3 Å². The molecule has 0 saturated carbocycles. The molecule has 3 fully saturated rings. The van der Waals surface area contributed by atoms with Crippen LogP contribution in [0.25, 0.3) is 0 Å². The maximum Gasteiger partial charge on any atom is 0.306 e. The van der Waals surface area contributed by atoms with Gasteiger partial charge in [0.05, 0.1) is 5.92 Å². The number of carboxylic acids is 1. The van der Waals surface area contributed by atoms with Crippen LogP contribution in [0.2, 0.25) is 0 Å². The molecule has 0 bridgehead atoms. The molecule has 1 aromatic rings. The summed E-state index contributed by atoms with van der Waals surface area (Å²) in [5.74, 6) is 1.95. The third-order valence-electron chi connectivity index (χ3n) is 6.62. The van der Waals surface area contributed by atoms with Crippen LogP contribution < -0.4 is 20.4 Å². The van der Waals surface area contributed by atoms with Crippen molar-refractivity contribution >= 4 is 23.8 Å². The van der Waals surface area contributed by atoms with Gasteiger partial charge in [-0.25, -0.2) is 0 Å². The average Bonchev–Trinajstić information content (AvgIpc) is 2.74. The number of aromatic nitrogens is 3. The Kier molecular flexibility index (Phi) is 6.03. The first-order valence-electron chi connectivity index (χ1n) is 11.0. The maximum absolute atomic E-state index is 11.3. The summed E-state index contributed by atoms with van der Waals surface area (Å²) in [6, 6.07) is 0.255. The standard InChI is InChI=1S/C20H33N7O2/c1-14-2-8-25(9-3-14)18-22-19(26-10-4-15(5-11-26)17(28)29)24-20(23-18)27-12-6-16(21)7-13-27/h14-16H,2-13,21H2,1H3,(H,28,29). The molecule has 3 saturated heterocycles. The van der Waals surface area contributed by atoms with Crippen LogP contribution in [0.1, 0.15) is 45.4 Å². The minimum absolute atomic E-state index is 0.255. The van der Waals surface area contributed by atoms with Crippen LogP contribution in [0.15, 0.2) is 0 Å². The Bertz CT molecular complexity index is 667. The van der Waals surface area contributed by atoms with Gasteiger partial charge in [-0.3, -0.25) is 4.79 Å². The van der Waals surface area contributed by atoms with Gasteiger partial charge in [-0.1, -0.05) is 6.92 Å². The molecule has 3 N–H and O–H groups in total. The molecule has 0 unspecified atom stereocenters. The molecule has 0 aromatic carbocycles. The van der Waals surface area contributed by atoms with Gasteiger partial charge >= 0.3 is 5.97 Å². The van der Waals surface area contributed by atoms with E-state index in [-0.39, 0.29) is 12.0 Å². The summed E-state index contributed by atoms with van der Waals surface area (Å²) in [5.41, 5.74) is 6.07. The lowest BCUT2D eigenvalue weighted by molar-refractivity contribution is -0.142. The third-order valence-corrected chi connectivity index (χ3v) is 6.62. The Morgan fingerprint density at radius 3 is 1.59 bits per heavy atom. The van der Waals surface area contributed by atoms with Crippen molar-refractivity contribution in [3.63, 3.8) is 0 Å². The maximum atomic E-state index is 11.3. The third kappa shape index (κ3) is 4.71. The van der Waals surface area contributed by atoms with Gasteiger partial charge in [0.1, 0.15) is 0 Å². The molecule has 160 valence electrons. The van der Waals surface area contributed by atoms with Crippen LogP contribution in [-0.2, 0) is 4.79 Å². The van der Waals surface area contributed by atoms with E-state index < -0.39 is 5.97 Å². The lowest BCUT2D eigenvalue weighted by atomic mass is 9.97. The minimum Gasteiger partial charge on any atom is -0.481 e. The summed E-state index contributed by atoms with van der Waals surface area (Å²) in [6.07, 6.45) is 5.46. The first kappa shape index (κ1) is 20.1. The lowest BCUT2D eigenvalue weighted by Crippen LogP contribution is -2.42. The molecule has 3 aliphatic rings. The number of anilines is 3. The van der Waals surface area contributed by atoms with Gasteiger partial charge in [0.2, 0.25) is 17.8 Å². The fourth-order valence-corrected chi connectivity index (χ4v) is 4.40. The van der Waals surface area contributed by atoms with Gasteiger partial charge in [-0.05, 0) is 44.4 Å². The number of nitrogens with zero attached hydrogens (tertiary/aromatic N) is 6. The Labute approximate surface area is 172 Å². The average molecular weight is 404 g/mol. The van der Waals surface area contributed by atoms with E-state index in [9.17, 15) is 9.90 Å². The van der Waals surface area contributed by atoms with Crippen molar-refractivity contribution in [3.05, 3.63) is 0 Å². The molecule has 0 radical (unpaired) electrons. The summed E-state index contributed by atoms with van der Waals surface area (Å²) in [4.78, 5) is 32.4. The second-order valence-electron chi connectivity index (χ2n) is 8.83. The number of carbonyl (C=O) groups is 1. The minimum atomic E-state index is -0.700. The first-order chi connectivity index (χ1) is 14.0. The number of nitrogens with two attached hydrogens (primary N) is 1. The van der Waals surface area contributed by atoms with Gasteiger partial charge in [-0.2, -0.15) is 15.0 Å². The second-order valence-corrected chi connectivity index (χ2v) is 8.83. The highest BCUT2D eigenvalue weighted by Gasteiger charge is 2.28. The molecule has 3 aliphatic heterocycles. The van der Waals surface area contributed by atoms with Gasteiger partial charge in [0.15, 0.2) is 0 Å². The lowest BCUT2D eigenvalue weighted by Gasteiger charge is -2.35. The molecule has 0 spiro atoms. The molecule has 9 heteroatoms. The van der Waals surface area contributed by atoms with Gasteiger partial charge in [-0.15, -0.1) is 0 Å². The fraction of sp³-hybridized carbons (Fsp3) is 0.800. The first-order valence-corrected chi connectivity index (χ1v) is 11.0. The van der Waals surface area contributed by atoms with E-state index in [2.05, 4.69) is 21.6 Å². The van der Waals surface area contributed by atoms with E-state index in [0.29, 0.717) is 31.9 Å². The molecule has 29 heavy (non-hydrogen) atoms. The summed E-state index contributed by atoms with van der Waals surface area (Å²) < 4.78 is 0. The highest BCUT2D eigenvalue weighted by molar-refractivity contribution is 5.70. The molecule has 0 atom stereocenters. The zero-order valence-corrected chi connectivity index (χ0v) is 17.3. The molecule has 9 nitrogen and oxygen atoms in total. The fourth-order valence-electron chi connectivity index (χ4n) is 4.40. The summed E-state index contributed by atoms with van der Waals surface area (Å²) in [6.45, 7) is 7.30. The summed E-state index contributed by atoms with van der Waals surface area (Å²) in [5, 5.41) is 9.28. The van der Waals surface area contributed by atoms with E-state index in [0.717, 1.165) is 69.7 Å². The number of hydrogen-bond donors (Lipinski definition) is 2. The summed E-state index contributed by atoms with van der Waals surface area (Å²) >= 11 is 0. The van der Waals surface area contributed by atoms with Crippen LogP contribution >= 0.6 is 0 Å². The van der Waals surface area contributed by atoms with Crippen molar-refractivity contribution in [1.82, 2.24) is 15.0 Å². The predicted molar refractivity (Wildman–Crippen MR) is 112 cm³/mol. The second kappa shape index (κ2) is 8.69. The van der Waals surface area contributed by atoms with E-state index in [1.165, 1.54) is 0 Å². The molecule has 4 heterocycles. The van der Waals surface area contributed by atoms with Crippen molar-refractivity contribution in [2.24, 2.45) is 17.6 Å². The van der Waals surface area contributed by atoms with E-state index in [1.54, 1.807) is 0 Å². The number of rotatable bonds is 4. The van der Waals surface area contributed by atoms with Gasteiger partial charge < -0.3 is 25.5 Å². The van der Waals surface area contributed by atoms with Crippen molar-refractivity contribution in [1.29, 1.82) is 0 Å². The van der Waals surface area contributed by atoms with Crippen molar-refractivity contribution < 1.29 is 9.90 Å². The summed E-state index contributed by atoms with van der Waals surface area (Å²) in [7, 11) is 0. The quantitative estimate of drug-likeness (QED) is 0.769. The number of hydrogen-bond acceptors (Lipinski definition) is 8. The number of aliphatic carboxylic acids is 1. The predicted octanol–water partition coefficient (Wildman–Crippen LogP) is 1.34. The zero-order valence-electron chi connectivity index (χ0n) is 17.3. The van der Waals surface area contributed by atoms with Crippen LogP contribution in [-0.4, -0.2) is 71.3 Å². The highest BCUT2D eigenvalue weighted by atomic mass is 16.4. The number of carboxylic acid groups (broad SMARTS) is 1. The Morgan fingerprint density at radius 1 is 0.793 bits per heavy atom. The molecule has 4 rings (SSSR count).